The lowest BCUT2D eigenvalue weighted by Crippen LogP contribution is -2.19. The third kappa shape index (κ3) is 2.71. The molecule has 0 fully saturated rings. The summed E-state index contributed by atoms with van der Waals surface area (Å²) in [6.45, 7) is 2.65. The fourth-order valence-corrected chi connectivity index (χ4v) is 2.52. The number of rotatable bonds is 2. The van der Waals surface area contributed by atoms with Gasteiger partial charge in [-0.1, -0.05) is 0 Å². The molecule has 0 aromatic heterocycles. The molecule has 7 heteroatoms. The van der Waals surface area contributed by atoms with Crippen molar-refractivity contribution in [3.63, 3.8) is 0 Å². The molecule has 96 valence electrons. The van der Waals surface area contributed by atoms with E-state index in [1.807, 2.05) is 0 Å². The van der Waals surface area contributed by atoms with Crippen LogP contribution in [0.4, 0.5) is 18.9 Å². The molecule has 0 aliphatic carbocycles. The second kappa shape index (κ2) is 4.21. The lowest BCUT2D eigenvalue weighted by atomic mass is 10.2. The Morgan fingerprint density at radius 2 is 1.76 bits per heavy atom. The molecule has 1 aromatic carbocycles. The number of benzene rings is 1. The molecule has 0 saturated carbocycles. The van der Waals surface area contributed by atoms with Gasteiger partial charge in [0.1, 0.15) is 0 Å². The van der Waals surface area contributed by atoms with Crippen LogP contribution in [0, 0.1) is 0 Å². The second-order valence-electron chi connectivity index (χ2n) is 3.85. The maximum Gasteiger partial charge on any atom is 0.417 e. The van der Waals surface area contributed by atoms with E-state index in [9.17, 15) is 21.6 Å². The Hall–Kier alpha value is -1.24. The zero-order valence-corrected chi connectivity index (χ0v) is 10.1. The number of anilines is 1. The van der Waals surface area contributed by atoms with Gasteiger partial charge in [-0.15, -0.1) is 0 Å². The maximum atomic E-state index is 12.7. The van der Waals surface area contributed by atoms with E-state index in [0.29, 0.717) is 6.07 Å². The van der Waals surface area contributed by atoms with Crippen LogP contribution in [0.2, 0.25) is 0 Å². The molecule has 0 bridgehead atoms. The number of nitrogen functional groups attached to an aromatic ring is 1. The summed E-state index contributed by atoms with van der Waals surface area (Å²) >= 11 is 0. The molecule has 0 aliphatic heterocycles. The van der Waals surface area contributed by atoms with Gasteiger partial charge in [0.25, 0.3) is 0 Å². The molecule has 0 radical (unpaired) electrons. The second-order valence-corrected chi connectivity index (χ2v) is 6.32. The minimum Gasteiger partial charge on any atom is -0.399 e. The first-order valence-corrected chi connectivity index (χ1v) is 6.32. The van der Waals surface area contributed by atoms with Crippen LogP contribution < -0.4 is 5.73 Å². The number of sulfone groups is 1. The van der Waals surface area contributed by atoms with Gasteiger partial charge < -0.3 is 5.73 Å². The highest BCUT2D eigenvalue weighted by Gasteiger charge is 2.38. The van der Waals surface area contributed by atoms with Crippen LogP contribution in [0.25, 0.3) is 0 Å². The van der Waals surface area contributed by atoms with Crippen molar-refractivity contribution in [2.45, 2.75) is 30.2 Å². The van der Waals surface area contributed by atoms with Crippen LogP contribution in [-0.4, -0.2) is 13.7 Å². The van der Waals surface area contributed by atoms with Crippen molar-refractivity contribution in [1.29, 1.82) is 0 Å². The molecule has 17 heavy (non-hydrogen) atoms. The molecule has 3 nitrogen and oxygen atoms in total. The number of alkyl halides is 3. The summed E-state index contributed by atoms with van der Waals surface area (Å²) in [6.07, 6.45) is -4.74. The van der Waals surface area contributed by atoms with Gasteiger partial charge in [-0.2, -0.15) is 13.2 Å². The van der Waals surface area contributed by atoms with Crippen LogP contribution in [0.5, 0.6) is 0 Å². The summed E-state index contributed by atoms with van der Waals surface area (Å²) in [4.78, 5) is -0.728. The minimum atomic E-state index is -4.74. The topological polar surface area (TPSA) is 60.2 Å². The van der Waals surface area contributed by atoms with E-state index in [1.165, 1.54) is 13.8 Å². The van der Waals surface area contributed by atoms with Gasteiger partial charge in [0.2, 0.25) is 0 Å². The average molecular weight is 267 g/mol. The summed E-state index contributed by atoms with van der Waals surface area (Å²) in [5.41, 5.74) is 3.91. The maximum absolute atomic E-state index is 12.7. The molecule has 0 saturated heterocycles. The molecular formula is C10H12F3NO2S. The van der Waals surface area contributed by atoms with Gasteiger partial charge in [0.15, 0.2) is 9.84 Å². The SMILES string of the molecule is CC(C)S(=O)(=O)c1ccc(N)cc1C(F)(F)F. The van der Waals surface area contributed by atoms with Crippen LogP contribution in [-0.2, 0) is 16.0 Å². The van der Waals surface area contributed by atoms with Crippen LogP contribution in [0.1, 0.15) is 19.4 Å². The number of halogens is 3. The van der Waals surface area contributed by atoms with E-state index in [-0.39, 0.29) is 5.69 Å². The Morgan fingerprint density at radius 1 is 1.24 bits per heavy atom. The molecule has 0 spiro atoms. The number of hydrogen-bond acceptors (Lipinski definition) is 3. The highest BCUT2D eigenvalue weighted by molar-refractivity contribution is 7.92. The normalized spacial score (nSPS) is 13.1. The molecule has 2 N–H and O–H groups in total. The molecule has 1 rings (SSSR count). The van der Waals surface area contributed by atoms with Crippen molar-refractivity contribution < 1.29 is 21.6 Å². The van der Waals surface area contributed by atoms with Crippen molar-refractivity contribution in [3.05, 3.63) is 23.8 Å². The van der Waals surface area contributed by atoms with Crippen molar-refractivity contribution in [3.8, 4) is 0 Å². The summed E-state index contributed by atoms with van der Waals surface area (Å²) in [5.74, 6) is 0. The summed E-state index contributed by atoms with van der Waals surface area (Å²) < 4.78 is 61.6. The Bertz CT molecular complexity index is 521. The summed E-state index contributed by atoms with van der Waals surface area (Å²) in [7, 11) is -3.98. The van der Waals surface area contributed by atoms with Crippen LogP contribution in [0.15, 0.2) is 23.1 Å². The first-order valence-electron chi connectivity index (χ1n) is 4.77. The molecule has 0 heterocycles. The van der Waals surface area contributed by atoms with E-state index in [2.05, 4.69) is 0 Å². The predicted molar refractivity (Wildman–Crippen MR) is 58.2 cm³/mol. The van der Waals surface area contributed by atoms with Crippen molar-refractivity contribution in [2.75, 3.05) is 5.73 Å². The van der Waals surface area contributed by atoms with Gasteiger partial charge in [-0.25, -0.2) is 8.42 Å². The quantitative estimate of drug-likeness (QED) is 0.837. The van der Waals surface area contributed by atoms with Crippen molar-refractivity contribution >= 4 is 15.5 Å². The standard InChI is InChI=1S/C10H12F3NO2S/c1-6(2)17(15,16)9-4-3-7(14)5-8(9)10(11,12)13/h3-6H,14H2,1-2H3. The summed E-state index contributed by atoms with van der Waals surface area (Å²) in [6, 6.07) is 2.67. The van der Waals surface area contributed by atoms with E-state index in [0.717, 1.165) is 12.1 Å². The molecule has 0 aliphatic rings. The van der Waals surface area contributed by atoms with Crippen molar-refractivity contribution in [1.82, 2.24) is 0 Å². The third-order valence-corrected chi connectivity index (χ3v) is 4.45. The van der Waals surface area contributed by atoms with E-state index in [4.69, 9.17) is 5.73 Å². The first-order chi connectivity index (χ1) is 7.56. The third-order valence-electron chi connectivity index (χ3n) is 2.24. The fraction of sp³-hybridized carbons (Fsp3) is 0.400. The molecule has 0 amide bonds. The van der Waals surface area contributed by atoms with E-state index < -0.39 is 31.7 Å². The highest BCUT2D eigenvalue weighted by atomic mass is 32.2. The first kappa shape index (κ1) is 13.8. The summed E-state index contributed by atoms with van der Waals surface area (Å²) in [5, 5.41) is -0.924. The van der Waals surface area contributed by atoms with Gasteiger partial charge in [0.05, 0.1) is 15.7 Å². The van der Waals surface area contributed by atoms with Gasteiger partial charge in [-0.05, 0) is 32.0 Å². The lowest BCUT2D eigenvalue weighted by Gasteiger charge is -2.15. The molecule has 0 unspecified atom stereocenters. The van der Waals surface area contributed by atoms with Gasteiger partial charge >= 0.3 is 6.18 Å². The van der Waals surface area contributed by atoms with Gasteiger partial charge in [0, 0.05) is 5.69 Å². The van der Waals surface area contributed by atoms with E-state index >= 15 is 0 Å². The molecule has 1 aromatic rings. The van der Waals surface area contributed by atoms with Crippen LogP contribution in [0.3, 0.4) is 0 Å². The zero-order valence-electron chi connectivity index (χ0n) is 9.25. The molecule has 0 atom stereocenters. The monoisotopic (exact) mass is 267 g/mol. The Labute approximate surface area is 97.4 Å². The Balaban J connectivity index is 3.56. The largest absolute Gasteiger partial charge is 0.417 e. The Morgan fingerprint density at radius 3 is 2.18 bits per heavy atom. The molecular weight excluding hydrogens is 255 g/mol. The number of nitrogens with two attached hydrogens (primary N) is 1. The van der Waals surface area contributed by atoms with Crippen LogP contribution >= 0.6 is 0 Å². The highest BCUT2D eigenvalue weighted by Crippen LogP contribution is 2.36. The zero-order chi connectivity index (χ0) is 13.4. The average Bonchev–Trinajstić information content (AvgIpc) is 2.15. The smallest absolute Gasteiger partial charge is 0.399 e. The fourth-order valence-electron chi connectivity index (χ4n) is 1.27. The van der Waals surface area contributed by atoms with E-state index in [1.54, 1.807) is 0 Å². The van der Waals surface area contributed by atoms with Crippen molar-refractivity contribution in [2.24, 2.45) is 0 Å². The van der Waals surface area contributed by atoms with Gasteiger partial charge in [-0.3, -0.25) is 0 Å². The Kier molecular flexibility index (Phi) is 3.42. The minimum absolute atomic E-state index is 0.125. The lowest BCUT2D eigenvalue weighted by molar-refractivity contribution is -0.139. The number of hydrogen-bond donors (Lipinski definition) is 1. The predicted octanol–water partition coefficient (Wildman–Crippen LogP) is 2.47.